The highest BCUT2D eigenvalue weighted by Crippen LogP contribution is 2.32. The standard InChI is InChI=1S/C21H26N4O5S/c1-3-29-9-5-8-22-21(26)16-12-17(18-6-4-10-30-18)23-20-19(16)14(2)24-25(20)15-7-11-31(27,28)13-15/h4,6,10,12,15H,3,5,7-9,11,13H2,1-2H3,(H,22,26)/t15-/m0/s1. The molecule has 10 heteroatoms. The second-order valence-electron chi connectivity index (χ2n) is 7.62. The second-order valence-corrected chi connectivity index (χ2v) is 9.85. The summed E-state index contributed by atoms with van der Waals surface area (Å²) in [5.74, 6) is 0.438. The van der Waals surface area contributed by atoms with E-state index < -0.39 is 9.84 Å². The molecule has 1 amide bonds. The molecule has 1 atom stereocenters. The van der Waals surface area contributed by atoms with E-state index >= 15 is 0 Å². The molecular weight excluding hydrogens is 420 g/mol. The fourth-order valence-electron chi connectivity index (χ4n) is 3.88. The molecule has 0 spiro atoms. The summed E-state index contributed by atoms with van der Waals surface area (Å²) in [6.45, 7) is 5.43. The van der Waals surface area contributed by atoms with Crippen LogP contribution >= 0.6 is 0 Å². The van der Waals surface area contributed by atoms with Gasteiger partial charge in [0.2, 0.25) is 0 Å². The predicted octanol–water partition coefficient (Wildman–Crippen LogP) is 2.52. The molecule has 1 aliphatic rings. The number of amides is 1. The van der Waals surface area contributed by atoms with Crippen LogP contribution in [0.25, 0.3) is 22.5 Å². The van der Waals surface area contributed by atoms with Crippen LogP contribution < -0.4 is 5.32 Å². The molecule has 0 bridgehead atoms. The first kappa shape index (κ1) is 21.5. The fraction of sp³-hybridized carbons (Fsp3) is 0.476. The lowest BCUT2D eigenvalue weighted by Gasteiger charge is -2.11. The monoisotopic (exact) mass is 446 g/mol. The van der Waals surface area contributed by atoms with E-state index in [2.05, 4.69) is 10.4 Å². The molecule has 0 unspecified atom stereocenters. The number of aryl methyl sites for hydroxylation is 1. The van der Waals surface area contributed by atoms with Gasteiger partial charge in [-0.3, -0.25) is 4.79 Å². The van der Waals surface area contributed by atoms with Crippen LogP contribution in [0.1, 0.15) is 41.9 Å². The van der Waals surface area contributed by atoms with Crippen LogP contribution in [0.3, 0.4) is 0 Å². The van der Waals surface area contributed by atoms with Crippen LogP contribution in [0.5, 0.6) is 0 Å². The molecule has 0 aliphatic carbocycles. The zero-order valence-electron chi connectivity index (χ0n) is 17.6. The number of pyridine rings is 1. The summed E-state index contributed by atoms with van der Waals surface area (Å²) in [5, 5.41) is 8.14. The molecule has 3 aromatic heterocycles. The van der Waals surface area contributed by atoms with Gasteiger partial charge in [0.15, 0.2) is 21.2 Å². The molecule has 166 valence electrons. The molecular formula is C21H26N4O5S. The van der Waals surface area contributed by atoms with E-state index in [9.17, 15) is 13.2 Å². The Balaban J connectivity index is 1.75. The first-order valence-corrected chi connectivity index (χ1v) is 12.2. The van der Waals surface area contributed by atoms with Crippen molar-refractivity contribution < 1.29 is 22.4 Å². The Kier molecular flexibility index (Phi) is 6.10. The Hall–Kier alpha value is -2.72. The Labute approximate surface area is 180 Å². The van der Waals surface area contributed by atoms with E-state index in [0.29, 0.717) is 66.3 Å². The number of hydrogen-bond donors (Lipinski definition) is 1. The van der Waals surface area contributed by atoms with Gasteiger partial charge in [-0.1, -0.05) is 0 Å². The van der Waals surface area contributed by atoms with Gasteiger partial charge in [-0.15, -0.1) is 0 Å². The topological polar surface area (TPSA) is 116 Å². The lowest BCUT2D eigenvalue weighted by atomic mass is 10.1. The Morgan fingerprint density at radius 1 is 1.42 bits per heavy atom. The molecule has 4 rings (SSSR count). The summed E-state index contributed by atoms with van der Waals surface area (Å²) in [5.41, 5.74) is 2.07. The number of carbonyl (C=O) groups is 1. The summed E-state index contributed by atoms with van der Waals surface area (Å²) in [4.78, 5) is 17.8. The normalized spacial score (nSPS) is 17.9. The van der Waals surface area contributed by atoms with Crippen LogP contribution in [-0.4, -0.2) is 60.4 Å². The van der Waals surface area contributed by atoms with Crippen LogP contribution in [-0.2, 0) is 14.6 Å². The van der Waals surface area contributed by atoms with Crippen LogP contribution in [0.15, 0.2) is 28.9 Å². The number of aromatic nitrogens is 3. The number of hydrogen-bond acceptors (Lipinski definition) is 7. The highest BCUT2D eigenvalue weighted by atomic mass is 32.2. The second kappa shape index (κ2) is 8.80. The minimum Gasteiger partial charge on any atom is -0.463 e. The first-order valence-electron chi connectivity index (χ1n) is 10.4. The van der Waals surface area contributed by atoms with Crippen molar-refractivity contribution >= 4 is 26.8 Å². The van der Waals surface area contributed by atoms with Gasteiger partial charge in [0.1, 0.15) is 5.69 Å². The third kappa shape index (κ3) is 4.49. The highest BCUT2D eigenvalue weighted by Gasteiger charge is 2.32. The summed E-state index contributed by atoms with van der Waals surface area (Å²) in [6.07, 6.45) is 2.72. The maximum absolute atomic E-state index is 13.1. The van der Waals surface area contributed by atoms with Crippen molar-refractivity contribution in [1.82, 2.24) is 20.1 Å². The Morgan fingerprint density at radius 2 is 2.26 bits per heavy atom. The molecule has 1 fully saturated rings. The van der Waals surface area contributed by atoms with Crippen molar-refractivity contribution in [3.8, 4) is 11.5 Å². The summed E-state index contributed by atoms with van der Waals surface area (Å²) in [6, 6.07) is 4.91. The number of rotatable bonds is 8. The average Bonchev–Trinajstić information content (AvgIpc) is 3.46. The molecule has 4 heterocycles. The quantitative estimate of drug-likeness (QED) is 0.529. The van der Waals surface area contributed by atoms with Crippen LogP contribution in [0, 0.1) is 6.92 Å². The van der Waals surface area contributed by atoms with Gasteiger partial charge in [0.25, 0.3) is 5.91 Å². The molecule has 31 heavy (non-hydrogen) atoms. The van der Waals surface area contributed by atoms with Gasteiger partial charge in [0, 0.05) is 19.8 Å². The molecule has 0 saturated carbocycles. The van der Waals surface area contributed by atoms with E-state index in [1.165, 1.54) is 0 Å². The van der Waals surface area contributed by atoms with Gasteiger partial charge >= 0.3 is 0 Å². The predicted molar refractivity (Wildman–Crippen MR) is 116 cm³/mol. The maximum atomic E-state index is 13.1. The van der Waals surface area contributed by atoms with Gasteiger partial charge in [-0.2, -0.15) is 5.10 Å². The molecule has 0 radical (unpaired) electrons. The first-order chi connectivity index (χ1) is 14.9. The van der Waals surface area contributed by atoms with Gasteiger partial charge in [0.05, 0.1) is 40.5 Å². The summed E-state index contributed by atoms with van der Waals surface area (Å²) in [7, 11) is -3.10. The number of fused-ring (bicyclic) bond motifs is 1. The van der Waals surface area contributed by atoms with Crippen LogP contribution in [0.4, 0.5) is 0 Å². The van der Waals surface area contributed by atoms with Crippen molar-refractivity contribution in [3.63, 3.8) is 0 Å². The smallest absolute Gasteiger partial charge is 0.252 e. The van der Waals surface area contributed by atoms with E-state index in [4.69, 9.17) is 14.1 Å². The highest BCUT2D eigenvalue weighted by molar-refractivity contribution is 7.91. The number of ether oxygens (including phenoxy) is 1. The average molecular weight is 447 g/mol. The van der Waals surface area contributed by atoms with Gasteiger partial charge in [-0.05, 0) is 44.9 Å². The van der Waals surface area contributed by atoms with E-state index in [1.54, 1.807) is 29.1 Å². The van der Waals surface area contributed by atoms with Crippen molar-refractivity contribution in [2.75, 3.05) is 31.3 Å². The molecule has 1 N–H and O–H groups in total. The Morgan fingerprint density at radius 3 is 2.94 bits per heavy atom. The maximum Gasteiger partial charge on any atom is 0.252 e. The van der Waals surface area contributed by atoms with Gasteiger partial charge in [-0.25, -0.2) is 18.1 Å². The number of furan rings is 1. The van der Waals surface area contributed by atoms with Crippen molar-refractivity contribution in [2.45, 2.75) is 32.7 Å². The minimum absolute atomic E-state index is 0.0227. The van der Waals surface area contributed by atoms with E-state index in [-0.39, 0.29) is 23.5 Å². The summed E-state index contributed by atoms with van der Waals surface area (Å²) < 4.78 is 36.5. The number of carbonyl (C=O) groups excluding carboxylic acids is 1. The molecule has 0 aromatic carbocycles. The van der Waals surface area contributed by atoms with E-state index in [0.717, 1.165) is 0 Å². The lowest BCUT2D eigenvalue weighted by Crippen LogP contribution is -2.25. The third-order valence-corrected chi connectivity index (χ3v) is 7.11. The number of sulfone groups is 1. The number of nitrogens with zero attached hydrogens (tertiary/aromatic N) is 3. The lowest BCUT2D eigenvalue weighted by molar-refractivity contribution is 0.0945. The molecule has 1 aliphatic heterocycles. The third-order valence-electron chi connectivity index (χ3n) is 5.36. The molecule has 1 saturated heterocycles. The Bertz CT molecular complexity index is 1180. The fourth-order valence-corrected chi connectivity index (χ4v) is 5.57. The van der Waals surface area contributed by atoms with Crippen molar-refractivity contribution in [3.05, 3.63) is 35.7 Å². The minimum atomic E-state index is -3.10. The SMILES string of the molecule is CCOCCCNC(=O)c1cc(-c2ccco2)nc2c1c(C)nn2[C@H]1CCS(=O)(=O)C1. The van der Waals surface area contributed by atoms with Crippen molar-refractivity contribution in [1.29, 1.82) is 0 Å². The van der Waals surface area contributed by atoms with Crippen LogP contribution in [0.2, 0.25) is 0 Å². The largest absolute Gasteiger partial charge is 0.463 e. The zero-order valence-corrected chi connectivity index (χ0v) is 18.4. The van der Waals surface area contributed by atoms with E-state index in [1.807, 2.05) is 13.8 Å². The molecule has 9 nitrogen and oxygen atoms in total. The molecule has 3 aromatic rings. The number of nitrogens with one attached hydrogen (secondary N) is 1. The van der Waals surface area contributed by atoms with Gasteiger partial charge < -0.3 is 14.5 Å². The zero-order chi connectivity index (χ0) is 22.0. The summed E-state index contributed by atoms with van der Waals surface area (Å²) >= 11 is 0. The van der Waals surface area contributed by atoms with Crippen molar-refractivity contribution in [2.24, 2.45) is 0 Å².